The highest BCUT2D eigenvalue weighted by Gasteiger charge is 2.16. The highest BCUT2D eigenvalue weighted by Crippen LogP contribution is 2.16. The normalized spacial score (nSPS) is 22.2. The molecule has 1 aliphatic heterocycles. The zero-order chi connectivity index (χ0) is 9.26. The van der Waals surface area contributed by atoms with E-state index >= 15 is 0 Å². The number of aromatic amines is 1. The van der Waals surface area contributed by atoms with E-state index in [1.165, 1.54) is 12.0 Å². The summed E-state index contributed by atoms with van der Waals surface area (Å²) in [6.45, 7) is 6.29. The summed E-state index contributed by atoms with van der Waals surface area (Å²) in [5.41, 5.74) is 2.38. The van der Waals surface area contributed by atoms with E-state index in [-0.39, 0.29) is 0 Å². The molecule has 1 atom stereocenters. The van der Waals surface area contributed by atoms with Crippen LogP contribution < -0.4 is 10.6 Å². The largest absolute Gasteiger partial charge is 0.364 e. The average molecular weight is 180 g/mol. The molecule has 2 rings (SSSR count). The van der Waals surface area contributed by atoms with Crippen molar-refractivity contribution in [2.75, 3.05) is 18.4 Å². The molecule has 0 saturated carbocycles. The van der Waals surface area contributed by atoms with Crippen LogP contribution in [0.3, 0.4) is 0 Å². The maximum absolute atomic E-state index is 4.21. The quantitative estimate of drug-likeness (QED) is 0.631. The molecule has 1 saturated heterocycles. The third kappa shape index (κ3) is 1.67. The van der Waals surface area contributed by atoms with Crippen molar-refractivity contribution in [2.45, 2.75) is 26.3 Å². The van der Waals surface area contributed by atoms with Gasteiger partial charge in [0.2, 0.25) is 0 Å². The molecule has 3 N–H and O–H groups in total. The first-order valence-electron chi connectivity index (χ1n) is 4.76. The number of hydrogen-bond donors (Lipinski definition) is 3. The Balaban J connectivity index is 2.04. The summed E-state index contributed by atoms with van der Waals surface area (Å²) in [5.74, 6) is 1.01. The van der Waals surface area contributed by atoms with E-state index in [1.807, 2.05) is 6.92 Å². The number of aromatic nitrogens is 2. The van der Waals surface area contributed by atoms with Crippen LogP contribution >= 0.6 is 0 Å². The summed E-state index contributed by atoms with van der Waals surface area (Å²) < 4.78 is 0. The van der Waals surface area contributed by atoms with E-state index in [0.717, 1.165) is 24.6 Å². The Morgan fingerprint density at radius 1 is 1.46 bits per heavy atom. The van der Waals surface area contributed by atoms with Gasteiger partial charge in [0.05, 0.1) is 0 Å². The van der Waals surface area contributed by atoms with E-state index in [0.29, 0.717) is 6.04 Å². The first-order chi connectivity index (χ1) is 6.27. The van der Waals surface area contributed by atoms with Crippen molar-refractivity contribution in [3.05, 3.63) is 11.3 Å². The summed E-state index contributed by atoms with van der Waals surface area (Å²) in [6, 6.07) is 0.543. The third-order valence-electron chi connectivity index (χ3n) is 2.65. The van der Waals surface area contributed by atoms with Crippen molar-refractivity contribution in [3.63, 3.8) is 0 Å². The van der Waals surface area contributed by atoms with Crippen molar-refractivity contribution in [2.24, 2.45) is 0 Å². The van der Waals surface area contributed by atoms with Gasteiger partial charge in [-0.05, 0) is 26.8 Å². The lowest BCUT2D eigenvalue weighted by Crippen LogP contribution is -2.22. The van der Waals surface area contributed by atoms with Gasteiger partial charge in [0.1, 0.15) is 0 Å². The zero-order valence-corrected chi connectivity index (χ0v) is 8.15. The van der Waals surface area contributed by atoms with E-state index in [2.05, 4.69) is 27.8 Å². The fraction of sp³-hybridized carbons (Fsp3) is 0.667. The van der Waals surface area contributed by atoms with Crippen LogP contribution in [0.25, 0.3) is 0 Å². The first kappa shape index (κ1) is 8.56. The first-order valence-corrected chi connectivity index (χ1v) is 4.76. The van der Waals surface area contributed by atoms with Crippen molar-refractivity contribution >= 4 is 5.82 Å². The maximum Gasteiger partial charge on any atom is 0.151 e. The van der Waals surface area contributed by atoms with Gasteiger partial charge >= 0.3 is 0 Å². The van der Waals surface area contributed by atoms with Crippen molar-refractivity contribution < 1.29 is 0 Å². The van der Waals surface area contributed by atoms with Crippen LogP contribution in [0.2, 0.25) is 0 Å². The molecule has 4 heteroatoms. The van der Waals surface area contributed by atoms with E-state index < -0.39 is 0 Å². The van der Waals surface area contributed by atoms with Crippen molar-refractivity contribution in [3.8, 4) is 0 Å². The molecule has 2 heterocycles. The minimum Gasteiger partial charge on any atom is -0.364 e. The van der Waals surface area contributed by atoms with Gasteiger partial charge in [-0.15, -0.1) is 0 Å². The molecule has 1 aliphatic rings. The molecule has 1 aromatic heterocycles. The Kier molecular flexibility index (Phi) is 2.22. The molecule has 72 valence electrons. The van der Waals surface area contributed by atoms with E-state index in [4.69, 9.17) is 0 Å². The standard InChI is InChI=1S/C9H16N4/c1-6-7(2)12-13-9(6)11-8-3-4-10-5-8/h8,10H,3-5H2,1-2H3,(H2,11,12,13). The van der Waals surface area contributed by atoms with Crippen LogP contribution in [-0.4, -0.2) is 29.3 Å². The molecule has 0 aliphatic carbocycles. The van der Waals surface area contributed by atoms with Gasteiger partial charge in [-0.3, -0.25) is 5.10 Å². The molecule has 13 heavy (non-hydrogen) atoms. The van der Waals surface area contributed by atoms with Gasteiger partial charge < -0.3 is 10.6 Å². The number of nitrogens with one attached hydrogen (secondary N) is 3. The Bertz CT molecular complexity index is 286. The van der Waals surface area contributed by atoms with Crippen LogP contribution in [0.4, 0.5) is 5.82 Å². The second-order valence-corrected chi connectivity index (χ2v) is 3.66. The molecule has 0 aromatic carbocycles. The van der Waals surface area contributed by atoms with Gasteiger partial charge in [-0.25, -0.2) is 0 Å². The number of rotatable bonds is 2. The Morgan fingerprint density at radius 2 is 2.31 bits per heavy atom. The number of H-pyrrole nitrogens is 1. The van der Waals surface area contributed by atoms with Crippen LogP contribution in [0, 0.1) is 13.8 Å². The van der Waals surface area contributed by atoms with Gasteiger partial charge in [0.25, 0.3) is 0 Å². The Hall–Kier alpha value is -1.03. The lowest BCUT2D eigenvalue weighted by molar-refractivity contribution is 0.785. The predicted molar refractivity (Wildman–Crippen MR) is 53.0 cm³/mol. The van der Waals surface area contributed by atoms with E-state index in [1.54, 1.807) is 0 Å². The monoisotopic (exact) mass is 180 g/mol. The minimum atomic E-state index is 0.543. The highest BCUT2D eigenvalue weighted by atomic mass is 15.2. The van der Waals surface area contributed by atoms with Crippen LogP contribution in [0.5, 0.6) is 0 Å². The topological polar surface area (TPSA) is 52.7 Å². The summed E-state index contributed by atoms with van der Waals surface area (Å²) in [4.78, 5) is 0. The fourth-order valence-corrected chi connectivity index (χ4v) is 1.60. The van der Waals surface area contributed by atoms with Gasteiger partial charge in [0.15, 0.2) is 5.82 Å². The Labute approximate surface area is 78.1 Å². The molecule has 0 bridgehead atoms. The van der Waals surface area contributed by atoms with E-state index in [9.17, 15) is 0 Å². The lowest BCUT2D eigenvalue weighted by Gasteiger charge is -2.10. The predicted octanol–water partition coefficient (Wildman–Crippen LogP) is 0.800. The number of nitrogens with zero attached hydrogens (tertiary/aromatic N) is 1. The van der Waals surface area contributed by atoms with Crippen LogP contribution in [-0.2, 0) is 0 Å². The van der Waals surface area contributed by atoms with Crippen LogP contribution in [0.1, 0.15) is 17.7 Å². The highest BCUT2D eigenvalue weighted by molar-refractivity contribution is 5.46. The van der Waals surface area contributed by atoms with Crippen molar-refractivity contribution in [1.29, 1.82) is 0 Å². The number of anilines is 1. The zero-order valence-electron chi connectivity index (χ0n) is 8.15. The molecule has 1 fully saturated rings. The maximum atomic E-state index is 4.21. The van der Waals surface area contributed by atoms with Gasteiger partial charge in [-0.2, -0.15) is 5.10 Å². The van der Waals surface area contributed by atoms with Gasteiger partial charge in [-0.1, -0.05) is 0 Å². The molecule has 0 spiro atoms. The summed E-state index contributed by atoms with van der Waals surface area (Å²) in [7, 11) is 0. The average Bonchev–Trinajstić information content (AvgIpc) is 2.71. The second kappa shape index (κ2) is 3.38. The molecule has 1 aromatic rings. The molecule has 1 unspecified atom stereocenters. The fourth-order valence-electron chi connectivity index (χ4n) is 1.60. The number of aryl methyl sites for hydroxylation is 1. The molecule has 0 amide bonds. The second-order valence-electron chi connectivity index (χ2n) is 3.66. The molecular weight excluding hydrogens is 164 g/mol. The summed E-state index contributed by atoms with van der Waals surface area (Å²) in [5, 5.41) is 13.9. The van der Waals surface area contributed by atoms with Crippen LogP contribution in [0.15, 0.2) is 0 Å². The SMILES string of the molecule is Cc1[nH]nc(NC2CCNC2)c1C. The molecule has 4 nitrogen and oxygen atoms in total. The summed E-state index contributed by atoms with van der Waals surface area (Å²) >= 11 is 0. The van der Waals surface area contributed by atoms with Gasteiger partial charge in [0, 0.05) is 23.8 Å². The lowest BCUT2D eigenvalue weighted by atomic mass is 10.2. The smallest absolute Gasteiger partial charge is 0.151 e. The summed E-state index contributed by atoms with van der Waals surface area (Å²) in [6.07, 6.45) is 1.19. The van der Waals surface area contributed by atoms with Crippen molar-refractivity contribution in [1.82, 2.24) is 15.5 Å². The minimum absolute atomic E-state index is 0.543. The molecule has 0 radical (unpaired) electrons. The molecular formula is C9H16N4. The third-order valence-corrected chi connectivity index (χ3v) is 2.65. The Morgan fingerprint density at radius 3 is 2.85 bits per heavy atom. The number of hydrogen-bond acceptors (Lipinski definition) is 3.